The number of nitrogens with one attached hydrogen (secondary N) is 1. The number of ether oxygens (including phenoxy) is 1. The number of unbranched alkanes of at least 4 members (excludes halogenated alkanes) is 1. The Bertz CT molecular complexity index is 699. The Morgan fingerprint density at radius 1 is 1.22 bits per heavy atom. The van der Waals surface area contributed by atoms with Crippen molar-refractivity contribution in [2.24, 2.45) is 12.0 Å². The molecule has 148 valence electrons. The van der Waals surface area contributed by atoms with Gasteiger partial charge in [0.2, 0.25) is 0 Å². The van der Waals surface area contributed by atoms with Crippen molar-refractivity contribution in [1.82, 2.24) is 14.8 Å². The minimum atomic E-state index is 0.755. The minimum absolute atomic E-state index is 0.755. The molecule has 0 aliphatic carbocycles. The lowest BCUT2D eigenvalue weighted by Gasteiger charge is -2.22. The molecule has 0 radical (unpaired) electrons. The zero-order chi connectivity index (χ0) is 19.5. The molecule has 1 heterocycles. The number of nitrogens with zero attached hydrogens (tertiary/aromatic N) is 3. The molecular formula is C21H31ClN4O. The van der Waals surface area contributed by atoms with Crippen molar-refractivity contribution in [2.75, 3.05) is 33.9 Å². The second-order valence-electron chi connectivity index (χ2n) is 6.65. The number of aliphatic imine (C=N–C) groups is 1. The molecule has 0 spiro atoms. The van der Waals surface area contributed by atoms with E-state index in [1.807, 2.05) is 44.0 Å². The van der Waals surface area contributed by atoms with E-state index in [2.05, 4.69) is 39.5 Å². The molecule has 1 N–H and O–H groups in total. The zero-order valence-corrected chi connectivity index (χ0v) is 17.4. The largest absolute Gasteiger partial charge is 0.381 e. The van der Waals surface area contributed by atoms with Gasteiger partial charge in [-0.25, -0.2) is 0 Å². The zero-order valence-electron chi connectivity index (χ0n) is 16.6. The molecule has 0 aliphatic rings. The summed E-state index contributed by atoms with van der Waals surface area (Å²) >= 11 is 6.05. The average molecular weight is 391 g/mol. The molecule has 6 heteroatoms. The van der Waals surface area contributed by atoms with Gasteiger partial charge >= 0.3 is 0 Å². The van der Waals surface area contributed by atoms with Crippen LogP contribution in [0.5, 0.6) is 0 Å². The molecule has 0 unspecified atom stereocenters. The highest BCUT2D eigenvalue weighted by Gasteiger charge is 2.09. The fourth-order valence-electron chi connectivity index (χ4n) is 2.89. The van der Waals surface area contributed by atoms with Gasteiger partial charge in [0.1, 0.15) is 0 Å². The van der Waals surface area contributed by atoms with Gasteiger partial charge in [0.15, 0.2) is 5.96 Å². The third-order valence-electron chi connectivity index (χ3n) is 4.42. The van der Waals surface area contributed by atoms with Crippen molar-refractivity contribution in [3.8, 4) is 0 Å². The van der Waals surface area contributed by atoms with E-state index in [0.29, 0.717) is 0 Å². The van der Waals surface area contributed by atoms with Gasteiger partial charge in [0.05, 0.1) is 18.2 Å². The fourth-order valence-corrected chi connectivity index (χ4v) is 3.16. The van der Waals surface area contributed by atoms with E-state index >= 15 is 0 Å². The molecule has 0 fully saturated rings. The van der Waals surface area contributed by atoms with Crippen LogP contribution in [0.1, 0.15) is 24.1 Å². The summed E-state index contributed by atoms with van der Waals surface area (Å²) in [4.78, 5) is 6.46. The van der Waals surface area contributed by atoms with Crippen molar-refractivity contribution < 1.29 is 4.74 Å². The molecule has 5 nitrogen and oxygen atoms in total. The quantitative estimate of drug-likeness (QED) is 0.382. The number of aromatic nitrogens is 1. The highest BCUT2D eigenvalue weighted by atomic mass is 35.5. The van der Waals surface area contributed by atoms with Crippen LogP contribution in [0, 0.1) is 0 Å². The molecule has 0 aliphatic heterocycles. The summed E-state index contributed by atoms with van der Waals surface area (Å²) in [5, 5.41) is 4.17. The van der Waals surface area contributed by atoms with Gasteiger partial charge < -0.3 is 19.5 Å². The second-order valence-corrected chi connectivity index (χ2v) is 7.08. The van der Waals surface area contributed by atoms with Gasteiger partial charge in [-0.05, 0) is 30.9 Å². The normalized spacial score (nSPS) is 11.6. The molecule has 27 heavy (non-hydrogen) atoms. The molecule has 2 aromatic rings. The maximum Gasteiger partial charge on any atom is 0.193 e. The number of aryl methyl sites for hydroxylation is 1. The Hall–Kier alpha value is -1.98. The minimum Gasteiger partial charge on any atom is -0.381 e. The fraction of sp³-hybridized carbons (Fsp3) is 0.476. The second kappa shape index (κ2) is 11.7. The first-order valence-corrected chi connectivity index (χ1v) is 9.82. The van der Waals surface area contributed by atoms with Crippen LogP contribution < -0.4 is 5.32 Å². The summed E-state index contributed by atoms with van der Waals surface area (Å²) in [7, 11) is 5.84. The van der Waals surface area contributed by atoms with E-state index < -0.39 is 0 Å². The third-order valence-corrected chi connectivity index (χ3v) is 4.63. The monoisotopic (exact) mass is 390 g/mol. The van der Waals surface area contributed by atoms with Gasteiger partial charge in [-0.1, -0.05) is 41.9 Å². The smallest absolute Gasteiger partial charge is 0.193 e. The highest BCUT2D eigenvalue weighted by Crippen LogP contribution is 2.14. The predicted octanol–water partition coefficient (Wildman–Crippen LogP) is 3.73. The van der Waals surface area contributed by atoms with Gasteiger partial charge in [-0.3, -0.25) is 4.99 Å². The molecule has 0 amide bonds. The summed E-state index contributed by atoms with van der Waals surface area (Å²) < 4.78 is 7.77. The van der Waals surface area contributed by atoms with Gasteiger partial charge in [0, 0.05) is 46.2 Å². The molecule has 1 aromatic carbocycles. The lowest BCUT2D eigenvalue weighted by Crippen LogP contribution is -2.39. The van der Waals surface area contributed by atoms with E-state index in [0.717, 1.165) is 62.2 Å². The Morgan fingerprint density at radius 2 is 2.00 bits per heavy atom. The highest BCUT2D eigenvalue weighted by molar-refractivity contribution is 6.30. The lowest BCUT2D eigenvalue weighted by atomic mass is 10.2. The topological polar surface area (TPSA) is 41.8 Å². The molecular weight excluding hydrogens is 360 g/mol. The first-order valence-electron chi connectivity index (χ1n) is 9.44. The number of hydrogen-bond acceptors (Lipinski definition) is 2. The van der Waals surface area contributed by atoms with Crippen molar-refractivity contribution >= 4 is 17.6 Å². The van der Waals surface area contributed by atoms with E-state index in [1.165, 1.54) is 5.56 Å². The standard InChI is InChI=1S/C21H31ClN4O/c1-23-21(26(3)17-20-15-19(22)16-25(20)2)24-12-7-8-13-27-14-11-18-9-5-4-6-10-18/h4-6,9-10,15-16H,7-8,11-14,17H2,1-3H3,(H,23,24). The van der Waals surface area contributed by atoms with Crippen LogP contribution in [-0.2, 0) is 24.8 Å². The van der Waals surface area contributed by atoms with Crippen molar-refractivity contribution in [3.63, 3.8) is 0 Å². The molecule has 0 saturated carbocycles. The first kappa shape index (κ1) is 21.3. The number of rotatable bonds is 10. The van der Waals surface area contributed by atoms with Crippen LogP contribution in [-0.4, -0.2) is 49.3 Å². The van der Waals surface area contributed by atoms with E-state index in [4.69, 9.17) is 16.3 Å². The number of halogens is 1. The average Bonchev–Trinajstić information content (AvgIpc) is 2.98. The van der Waals surface area contributed by atoms with Crippen LogP contribution in [0.15, 0.2) is 47.6 Å². The number of benzene rings is 1. The van der Waals surface area contributed by atoms with Crippen LogP contribution >= 0.6 is 11.6 Å². The molecule has 1 aromatic heterocycles. The summed E-state index contributed by atoms with van der Waals surface area (Å²) in [6.07, 6.45) is 4.97. The van der Waals surface area contributed by atoms with Gasteiger partial charge in [0.25, 0.3) is 0 Å². The Morgan fingerprint density at radius 3 is 2.67 bits per heavy atom. The molecule has 0 bridgehead atoms. The third kappa shape index (κ3) is 7.65. The van der Waals surface area contributed by atoms with Gasteiger partial charge in [-0.15, -0.1) is 0 Å². The van der Waals surface area contributed by atoms with Crippen molar-refractivity contribution in [3.05, 3.63) is 58.9 Å². The molecule has 0 saturated heterocycles. The van der Waals surface area contributed by atoms with Gasteiger partial charge in [-0.2, -0.15) is 0 Å². The lowest BCUT2D eigenvalue weighted by molar-refractivity contribution is 0.133. The van der Waals surface area contributed by atoms with Crippen LogP contribution in [0.2, 0.25) is 5.02 Å². The van der Waals surface area contributed by atoms with Crippen LogP contribution in [0.4, 0.5) is 0 Å². The van der Waals surface area contributed by atoms with Crippen molar-refractivity contribution in [2.45, 2.75) is 25.8 Å². The Labute approximate surface area is 168 Å². The summed E-state index contributed by atoms with van der Waals surface area (Å²) in [6.45, 7) is 3.21. The maximum atomic E-state index is 6.05. The van der Waals surface area contributed by atoms with Crippen LogP contribution in [0.3, 0.4) is 0 Å². The molecule has 0 atom stereocenters. The first-order chi connectivity index (χ1) is 13.1. The maximum absolute atomic E-state index is 6.05. The Kier molecular flexibility index (Phi) is 9.22. The van der Waals surface area contributed by atoms with Crippen LogP contribution in [0.25, 0.3) is 0 Å². The summed E-state index contributed by atoms with van der Waals surface area (Å²) in [6, 6.07) is 12.4. The van der Waals surface area contributed by atoms with Crippen molar-refractivity contribution in [1.29, 1.82) is 0 Å². The summed E-state index contributed by atoms with van der Waals surface area (Å²) in [5.41, 5.74) is 2.47. The van der Waals surface area contributed by atoms with E-state index in [9.17, 15) is 0 Å². The number of guanidine groups is 1. The Balaban J connectivity index is 1.57. The summed E-state index contributed by atoms with van der Waals surface area (Å²) in [5.74, 6) is 0.886. The van der Waals surface area contributed by atoms with E-state index in [1.54, 1.807) is 0 Å². The molecule has 2 rings (SSSR count). The number of hydrogen-bond donors (Lipinski definition) is 1. The predicted molar refractivity (Wildman–Crippen MR) is 113 cm³/mol. The SMILES string of the molecule is CN=C(NCCCCOCCc1ccccc1)N(C)Cc1cc(Cl)cn1C. The van der Waals surface area contributed by atoms with E-state index in [-0.39, 0.29) is 0 Å².